The number of hydrogen-bond acceptors (Lipinski definition) is 1. The largest absolute Gasteiger partial charge is 0.338 e. The first-order valence-electron chi connectivity index (χ1n) is 17.3. The molecule has 6 aromatic rings. The third kappa shape index (κ3) is 5.47. The second-order valence-electron chi connectivity index (χ2n) is 12.7. The van der Waals surface area contributed by atoms with Crippen LogP contribution in [0, 0.1) is 0 Å². The molecule has 0 aliphatic carbocycles. The SMILES string of the molecule is CCCCc1cc(CCCC)c2c3ccccc3n(C(=O)n3c4ccccc4c4c(CCCC)cc(CCCC)cc43)c2c1. The van der Waals surface area contributed by atoms with Gasteiger partial charge in [0.05, 0.1) is 22.1 Å². The van der Waals surface area contributed by atoms with Crippen LogP contribution in [0.1, 0.15) is 101 Å². The summed E-state index contributed by atoms with van der Waals surface area (Å²) in [6.45, 7) is 9.03. The van der Waals surface area contributed by atoms with Crippen molar-refractivity contribution in [3.8, 4) is 0 Å². The highest BCUT2D eigenvalue weighted by atomic mass is 16.2. The molecular formula is C41H48N2O. The Bertz CT molecular complexity index is 1800. The number of para-hydroxylation sites is 2. The van der Waals surface area contributed by atoms with Crippen molar-refractivity contribution in [2.24, 2.45) is 0 Å². The van der Waals surface area contributed by atoms with Gasteiger partial charge < -0.3 is 0 Å². The maximum absolute atomic E-state index is 15.3. The molecule has 0 unspecified atom stereocenters. The van der Waals surface area contributed by atoms with E-state index in [2.05, 4.69) is 100 Å². The summed E-state index contributed by atoms with van der Waals surface area (Å²) in [7, 11) is 0. The number of carbonyl (C=O) groups is 1. The summed E-state index contributed by atoms with van der Waals surface area (Å²) in [5, 5.41) is 4.85. The average Bonchev–Trinajstić information content (AvgIpc) is 3.57. The molecule has 0 spiro atoms. The van der Waals surface area contributed by atoms with Gasteiger partial charge in [-0.2, -0.15) is 0 Å². The molecule has 44 heavy (non-hydrogen) atoms. The van der Waals surface area contributed by atoms with E-state index < -0.39 is 0 Å². The Hall–Kier alpha value is -3.85. The molecular weight excluding hydrogens is 536 g/mol. The zero-order valence-electron chi connectivity index (χ0n) is 27.2. The van der Waals surface area contributed by atoms with E-state index in [1.165, 1.54) is 43.8 Å². The van der Waals surface area contributed by atoms with E-state index in [4.69, 9.17) is 0 Å². The molecule has 0 saturated carbocycles. The van der Waals surface area contributed by atoms with Gasteiger partial charge in [-0.25, -0.2) is 4.79 Å². The molecule has 0 bridgehead atoms. The minimum atomic E-state index is 0.0190. The monoisotopic (exact) mass is 584 g/mol. The van der Waals surface area contributed by atoms with Gasteiger partial charge in [0.1, 0.15) is 0 Å². The summed E-state index contributed by atoms with van der Waals surface area (Å²) < 4.78 is 4.07. The minimum Gasteiger partial charge on any atom is -0.261 e. The number of aryl methyl sites for hydroxylation is 4. The molecule has 2 heterocycles. The fourth-order valence-electron chi connectivity index (χ4n) is 7.19. The summed E-state index contributed by atoms with van der Waals surface area (Å²) in [6, 6.07) is 26.6. The lowest BCUT2D eigenvalue weighted by Crippen LogP contribution is -2.19. The van der Waals surface area contributed by atoms with E-state index in [0.717, 1.165) is 99.1 Å². The highest BCUT2D eigenvalue weighted by Crippen LogP contribution is 2.38. The number of fused-ring (bicyclic) bond motifs is 6. The fraction of sp³-hybridized carbons (Fsp3) is 0.390. The molecule has 0 aliphatic rings. The highest BCUT2D eigenvalue weighted by Gasteiger charge is 2.24. The lowest BCUT2D eigenvalue weighted by atomic mass is 9.97. The van der Waals surface area contributed by atoms with Crippen LogP contribution in [-0.2, 0) is 25.7 Å². The van der Waals surface area contributed by atoms with E-state index in [-0.39, 0.29) is 6.03 Å². The third-order valence-corrected chi connectivity index (χ3v) is 9.45. The minimum absolute atomic E-state index is 0.0190. The molecule has 2 aromatic heterocycles. The summed E-state index contributed by atoms with van der Waals surface area (Å²) in [6.07, 6.45) is 13.4. The van der Waals surface area contributed by atoms with Crippen molar-refractivity contribution in [2.75, 3.05) is 0 Å². The van der Waals surface area contributed by atoms with Crippen LogP contribution in [-0.4, -0.2) is 15.2 Å². The number of benzene rings is 4. The van der Waals surface area contributed by atoms with Crippen molar-refractivity contribution in [1.29, 1.82) is 0 Å². The van der Waals surface area contributed by atoms with Gasteiger partial charge in [0.2, 0.25) is 0 Å². The molecule has 6 rings (SSSR count). The zero-order chi connectivity index (χ0) is 30.6. The Labute approximate surface area is 262 Å². The molecule has 3 heteroatoms. The molecule has 0 N–H and O–H groups in total. The molecule has 0 aliphatic heterocycles. The lowest BCUT2D eigenvalue weighted by Gasteiger charge is -2.13. The Kier molecular flexibility index (Phi) is 9.21. The number of aromatic nitrogens is 2. The first kappa shape index (κ1) is 30.2. The number of rotatable bonds is 12. The van der Waals surface area contributed by atoms with Crippen molar-refractivity contribution >= 4 is 49.6 Å². The molecule has 3 nitrogen and oxygen atoms in total. The standard InChI is InChI=1S/C41H48N2O/c1-5-9-17-29-25-31(19-11-7-3)39-33-21-13-15-23-35(33)42(37(39)27-29)41(44)43-36-24-16-14-22-34(36)40-32(20-12-8-4)26-30(18-10-6-2)28-38(40)43/h13-16,21-28H,5-12,17-20H2,1-4H3. The van der Waals surface area contributed by atoms with Gasteiger partial charge in [-0.15, -0.1) is 0 Å². The van der Waals surface area contributed by atoms with Crippen LogP contribution < -0.4 is 0 Å². The maximum atomic E-state index is 15.3. The fourth-order valence-corrected chi connectivity index (χ4v) is 7.19. The first-order valence-corrected chi connectivity index (χ1v) is 17.3. The highest BCUT2D eigenvalue weighted by molar-refractivity contribution is 6.19. The Morgan fingerprint density at radius 1 is 0.500 bits per heavy atom. The number of carbonyl (C=O) groups excluding carboxylic acids is 1. The van der Waals surface area contributed by atoms with E-state index in [0.29, 0.717) is 0 Å². The van der Waals surface area contributed by atoms with Crippen LogP contribution in [0.3, 0.4) is 0 Å². The summed E-state index contributed by atoms with van der Waals surface area (Å²) in [5.41, 5.74) is 9.54. The second-order valence-corrected chi connectivity index (χ2v) is 12.7. The van der Waals surface area contributed by atoms with E-state index in [1.54, 1.807) is 0 Å². The zero-order valence-corrected chi connectivity index (χ0v) is 27.2. The number of unbranched alkanes of at least 4 members (excludes halogenated alkanes) is 4. The van der Waals surface area contributed by atoms with Crippen LogP contribution in [0.25, 0.3) is 43.6 Å². The average molecular weight is 585 g/mol. The number of nitrogens with zero attached hydrogens (tertiary/aromatic N) is 2. The lowest BCUT2D eigenvalue weighted by molar-refractivity contribution is 0.247. The molecule has 4 aromatic carbocycles. The maximum Gasteiger partial charge on any atom is 0.338 e. The van der Waals surface area contributed by atoms with Gasteiger partial charge in [0.15, 0.2) is 0 Å². The quantitative estimate of drug-likeness (QED) is 0.141. The predicted octanol–water partition coefficient (Wildman–Crippen LogP) is 11.8. The Morgan fingerprint density at radius 3 is 1.30 bits per heavy atom. The van der Waals surface area contributed by atoms with Gasteiger partial charge in [0.25, 0.3) is 0 Å². The number of hydrogen-bond donors (Lipinski definition) is 0. The van der Waals surface area contributed by atoms with Gasteiger partial charge in [-0.3, -0.25) is 9.13 Å². The molecule has 0 amide bonds. The van der Waals surface area contributed by atoms with Gasteiger partial charge >= 0.3 is 6.03 Å². The van der Waals surface area contributed by atoms with E-state index in [9.17, 15) is 0 Å². The topological polar surface area (TPSA) is 26.9 Å². The molecule has 0 fully saturated rings. The van der Waals surface area contributed by atoms with Crippen molar-refractivity contribution in [1.82, 2.24) is 9.13 Å². The Morgan fingerprint density at radius 2 is 0.886 bits per heavy atom. The smallest absolute Gasteiger partial charge is 0.261 e. The van der Waals surface area contributed by atoms with Gasteiger partial charge in [-0.1, -0.05) is 102 Å². The van der Waals surface area contributed by atoms with Crippen molar-refractivity contribution in [3.63, 3.8) is 0 Å². The van der Waals surface area contributed by atoms with Crippen molar-refractivity contribution < 1.29 is 4.79 Å². The summed E-state index contributed by atoms with van der Waals surface area (Å²) in [4.78, 5) is 15.3. The van der Waals surface area contributed by atoms with Crippen LogP contribution in [0.4, 0.5) is 4.79 Å². The molecule has 0 radical (unpaired) electrons. The third-order valence-electron chi connectivity index (χ3n) is 9.45. The summed E-state index contributed by atoms with van der Waals surface area (Å²) in [5.74, 6) is 0. The Balaban J connectivity index is 1.67. The normalized spacial score (nSPS) is 11.9. The van der Waals surface area contributed by atoms with Crippen molar-refractivity contribution in [2.45, 2.75) is 105 Å². The van der Waals surface area contributed by atoms with Crippen LogP contribution in [0.5, 0.6) is 0 Å². The summed E-state index contributed by atoms with van der Waals surface area (Å²) >= 11 is 0. The van der Waals surface area contributed by atoms with Crippen LogP contribution in [0.2, 0.25) is 0 Å². The van der Waals surface area contributed by atoms with E-state index >= 15 is 4.79 Å². The van der Waals surface area contributed by atoms with Gasteiger partial charge in [-0.05, 0) is 97.9 Å². The van der Waals surface area contributed by atoms with Gasteiger partial charge in [0, 0.05) is 21.5 Å². The first-order chi connectivity index (χ1) is 21.6. The molecule has 0 saturated heterocycles. The molecule has 228 valence electrons. The molecule has 0 atom stereocenters. The second kappa shape index (κ2) is 13.4. The van der Waals surface area contributed by atoms with Crippen LogP contribution >= 0.6 is 0 Å². The predicted molar refractivity (Wildman–Crippen MR) is 190 cm³/mol. The van der Waals surface area contributed by atoms with Crippen LogP contribution in [0.15, 0.2) is 72.8 Å². The van der Waals surface area contributed by atoms with E-state index in [1.807, 2.05) is 9.13 Å². The van der Waals surface area contributed by atoms with Crippen molar-refractivity contribution in [3.05, 3.63) is 95.1 Å².